The van der Waals surface area contributed by atoms with Gasteiger partial charge < -0.3 is 9.64 Å². The molecule has 1 saturated heterocycles. The van der Waals surface area contributed by atoms with Crippen molar-refractivity contribution >= 4 is 23.1 Å². The number of ketones is 1. The molecule has 2 aromatic carbocycles. The van der Waals surface area contributed by atoms with Crippen molar-refractivity contribution in [2.45, 2.75) is 0 Å². The highest BCUT2D eigenvalue weighted by Gasteiger charge is 2.37. The Kier molecular flexibility index (Phi) is 4.53. The molecule has 2 aromatic rings. The largest absolute Gasteiger partial charge is 0.497 e. The molecule has 140 valence electrons. The number of anilines is 2. The third-order valence-corrected chi connectivity index (χ3v) is 5.09. The van der Waals surface area contributed by atoms with Gasteiger partial charge >= 0.3 is 5.91 Å². The summed E-state index contributed by atoms with van der Waals surface area (Å²) in [4.78, 5) is 30.5. The summed E-state index contributed by atoms with van der Waals surface area (Å²) in [7, 11) is 1.55. The summed E-state index contributed by atoms with van der Waals surface area (Å²) in [5.41, 5.74) is 2.01. The molecule has 0 aliphatic carbocycles. The number of rotatable bonds is 4. The Morgan fingerprint density at radius 1 is 1.00 bits per heavy atom. The molecule has 0 atom stereocenters. The lowest BCUT2D eigenvalue weighted by molar-refractivity contribution is -0.114. The lowest BCUT2D eigenvalue weighted by Gasteiger charge is -2.37. The molecule has 0 unspecified atom stereocenters. The van der Waals surface area contributed by atoms with Gasteiger partial charge in [0.05, 0.1) is 25.0 Å². The number of Topliss-reactive ketones (excluding diaryl/α,β-unsaturated/α-hetero) is 1. The normalized spacial score (nSPS) is 17.4. The molecule has 1 fully saturated rings. The number of nitrogens with zero attached hydrogens (tertiary/aromatic N) is 3. The van der Waals surface area contributed by atoms with Gasteiger partial charge in [-0.15, -0.1) is 0 Å². The number of amides is 1. The Bertz CT molecular complexity index is 877. The Morgan fingerprint density at radius 3 is 2.37 bits per heavy atom. The second kappa shape index (κ2) is 7.00. The average Bonchev–Trinajstić information content (AvgIpc) is 2.93. The molecule has 1 amide bonds. The van der Waals surface area contributed by atoms with Crippen molar-refractivity contribution in [1.29, 1.82) is 0 Å². The minimum absolute atomic E-state index is 0.247. The van der Waals surface area contributed by atoms with E-state index in [1.54, 1.807) is 37.4 Å². The van der Waals surface area contributed by atoms with Crippen LogP contribution in [0, 0.1) is 5.82 Å². The Labute approximate surface area is 156 Å². The zero-order chi connectivity index (χ0) is 19.0. The van der Waals surface area contributed by atoms with Crippen LogP contribution in [0.3, 0.4) is 0 Å². The number of piperazine rings is 1. The van der Waals surface area contributed by atoms with Crippen LogP contribution in [-0.4, -0.2) is 56.5 Å². The van der Waals surface area contributed by atoms with Crippen LogP contribution in [0.25, 0.3) is 0 Å². The second-order valence-corrected chi connectivity index (χ2v) is 6.67. The molecule has 7 heteroatoms. The average molecular weight is 369 g/mol. The topological polar surface area (TPSA) is 53.1 Å². The molecule has 0 bridgehead atoms. The van der Waals surface area contributed by atoms with Gasteiger partial charge in [0.1, 0.15) is 11.6 Å². The Balaban J connectivity index is 1.44. The first-order valence-electron chi connectivity index (χ1n) is 8.84. The van der Waals surface area contributed by atoms with Gasteiger partial charge in [-0.2, -0.15) is 0 Å². The smallest absolute Gasteiger partial charge is 0.300 e. The van der Waals surface area contributed by atoms with Gasteiger partial charge in [-0.05, 0) is 36.4 Å². The van der Waals surface area contributed by atoms with E-state index in [2.05, 4.69) is 9.80 Å². The third-order valence-electron chi connectivity index (χ3n) is 5.09. The highest BCUT2D eigenvalue weighted by molar-refractivity contribution is 6.52. The van der Waals surface area contributed by atoms with Gasteiger partial charge in [0, 0.05) is 37.9 Å². The fraction of sp³-hybridized carbons (Fsp3) is 0.300. The van der Waals surface area contributed by atoms with Crippen LogP contribution in [-0.2, 0) is 4.79 Å². The molecular weight excluding hydrogens is 349 g/mol. The predicted octanol–water partition coefficient (Wildman–Crippen LogP) is 2.14. The van der Waals surface area contributed by atoms with Gasteiger partial charge in [-0.25, -0.2) is 4.39 Å². The SMILES string of the molecule is COc1ccc2c(c1)N(CN1CCN(c3ccc(F)cc3)CC1)C(=O)C2=O. The maximum absolute atomic E-state index is 13.1. The minimum atomic E-state index is -0.501. The van der Waals surface area contributed by atoms with Crippen molar-refractivity contribution in [3.63, 3.8) is 0 Å². The summed E-state index contributed by atoms with van der Waals surface area (Å²) < 4.78 is 18.3. The van der Waals surface area contributed by atoms with Crippen molar-refractivity contribution in [3.05, 3.63) is 53.8 Å². The molecule has 0 radical (unpaired) electrons. The maximum atomic E-state index is 13.1. The summed E-state index contributed by atoms with van der Waals surface area (Å²) in [6.45, 7) is 3.39. The lowest BCUT2D eigenvalue weighted by atomic mass is 10.1. The molecule has 0 spiro atoms. The number of ether oxygens (including phenoxy) is 1. The molecular formula is C20H20FN3O3. The summed E-state index contributed by atoms with van der Waals surface area (Å²) in [5, 5.41) is 0. The molecule has 2 aliphatic rings. The van der Waals surface area contributed by atoms with E-state index in [9.17, 15) is 14.0 Å². The number of hydrogen-bond acceptors (Lipinski definition) is 5. The van der Waals surface area contributed by atoms with E-state index in [1.807, 2.05) is 0 Å². The highest BCUT2D eigenvalue weighted by Crippen LogP contribution is 2.32. The predicted molar refractivity (Wildman–Crippen MR) is 99.9 cm³/mol. The van der Waals surface area contributed by atoms with Gasteiger partial charge in [-0.1, -0.05) is 0 Å². The van der Waals surface area contributed by atoms with Gasteiger partial charge in [0.2, 0.25) is 0 Å². The van der Waals surface area contributed by atoms with E-state index in [1.165, 1.54) is 17.0 Å². The fourth-order valence-corrected chi connectivity index (χ4v) is 3.54. The van der Waals surface area contributed by atoms with Crippen LogP contribution < -0.4 is 14.5 Å². The van der Waals surface area contributed by atoms with Gasteiger partial charge in [0.25, 0.3) is 5.78 Å². The number of methoxy groups -OCH3 is 1. The Hall–Kier alpha value is -2.93. The fourth-order valence-electron chi connectivity index (χ4n) is 3.54. The third kappa shape index (κ3) is 3.26. The molecule has 6 nitrogen and oxygen atoms in total. The highest BCUT2D eigenvalue weighted by atomic mass is 19.1. The standard InChI is InChI=1S/C20H20FN3O3/c1-27-16-6-7-17-18(12-16)24(20(26)19(17)25)13-22-8-10-23(11-9-22)15-4-2-14(21)3-5-15/h2-7,12H,8-11,13H2,1H3. The van der Waals surface area contributed by atoms with E-state index in [-0.39, 0.29) is 5.82 Å². The van der Waals surface area contributed by atoms with Gasteiger partial charge in [-0.3, -0.25) is 19.4 Å². The zero-order valence-corrected chi connectivity index (χ0v) is 15.0. The number of carbonyl (C=O) groups excluding carboxylic acids is 2. The second-order valence-electron chi connectivity index (χ2n) is 6.67. The van der Waals surface area contributed by atoms with Crippen LogP contribution in [0.1, 0.15) is 10.4 Å². The summed E-state index contributed by atoms with van der Waals surface area (Å²) in [6.07, 6.45) is 0. The van der Waals surface area contributed by atoms with E-state index >= 15 is 0 Å². The number of carbonyl (C=O) groups is 2. The number of hydrogen-bond donors (Lipinski definition) is 0. The van der Waals surface area contributed by atoms with Crippen LogP contribution in [0.5, 0.6) is 5.75 Å². The molecule has 0 N–H and O–H groups in total. The summed E-state index contributed by atoms with van der Waals surface area (Å²) >= 11 is 0. The lowest BCUT2D eigenvalue weighted by Crippen LogP contribution is -2.51. The van der Waals surface area contributed by atoms with Crippen LogP contribution in [0.4, 0.5) is 15.8 Å². The number of fused-ring (bicyclic) bond motifs is 1. The minimum Gasteiger partial charge on any atom is -0.497 e. The van der Waals surface area contributed by atoms with Crippen molar-refractivity contribution < 1.29 is 18.7 Å². The van der Waals surface area contributed by atoms with Crippen molar-refractivity contribution in [1.82, 2.24) is 4.90 Å². The van der Waals surface area contributed by atoms with Crippen LogP contribution in [0.15, 0.2) is 42.5 Å². The van der Waals surface area contributed by atoms with Crippen molar-refractivity contribution in [2.75, 3.05) is 49.8 Å². The first kappa shape index (κ1) is 17.5. The maximum Gasteiger partial charge on any atom is 0.300 e. The van der Waals surface area contributed by atoms with Crippen molar-refractivity contribution in [3.8, 4) is 5.75 Å². The number of benzene rings is 2. The summed E-state index contributed by atoms with van der Waals surface area (Å²) in [5.74, 6) is -0.608. The first-order chi connectivity index (χ1) is 13.1. The molecule has 2 heterocycles. The van der Waals surface area contributed by atoms with Gasteiger partial charge in [0.15, 0.2) is 0 Å². The van der Waals surface area contributed by atoms with E-state index in [0.29, 0.717) is 23.7 Å². The van der Waals surface area contributed by atoms with E-state index in [0.717, 1.165) is 31.9 Å². The number of halogens is 1. The molecule has 0 saturated carbocycles. The van der Waals surface area contributed by atoms with Crippen molar-refractivity contribution in [2.24, 2.45) is 0 Å². The van der Waals surface area contributed by atoms with Crippen LogP contribution in [0.2, 0.25) is 0 Å². The van der Waals surface area contributed by atoms with Crippen LogP contribution >= 0.6 is 0 Å². The zero-order valence-electron chi connectivity index (χ0n) is 15.0. The molecule has 4 rings (SSSR count). The Morgan fingerprint density at radius 2 is 1.70 bits per heavy atom. The summed E-state index contributed by atoms with van der Waals surface area (Å²) in [6, 6.07) is 11.5. The first-order valence-corrected chi connectivity index (χ1v) is 8.84. The molecule has 0 aromatic heterocycles. The van der Waals surface area contributed by atoms with E-state index in [4.69, 9.17) is 4.74 Å². The quantitative estimate of drug-likeness (QED) is 0.773. The molecule has 2 aliphatic heterocycles. The molecule has 27 heavy (non-hydrogen) atoms. The van der Waals surface area contributed by atoms with E-state index < -0.39 is 11.7 Å². The monoisotopic (exact) mass is 369 g/mol.